The summed E-state index contributed by atoms with van der Waals surface area (Å²) in [5.41, 5.74) is 0. The van der Waals surface area contributed by atoms with Crippen molar-refractivity contribution in [2.45, 2.75) is 6.92 Å². The molecule has 0 radical (unpaired) electrons. The van der Waals surface area contributed by atoms with Crippen LogP contribution in [0, 0.1) is 0 Å². The zero-order chi connectivity index (χ0) is 5.70. The van der Waals surface area contributed by atoms with E-state index in [0.29, 0.717) is 11.9 Å². The molecule has 0 aliphatic heterocycles. The van der Waals surface area contributed by atoms with E-state index in [9.17, 15) is 4.79 Å². The van der Waals surface area contributed by atoms with Crippen LogP contribution in [0.5, 0.6) is 0 Å². The van der Waals surface area contributed by atoms with Crippen molar-refractivity contribution in [3.63, 3.8) is 0 Å². The number of hydrogen-bond acceptors (Lipinski definition) is 2. The highest BCUT2D eigenvalue weighted by Gasteiger charge is 1.92. The van der Waals surface area contributed by atoms with E-state index in [2.05, 4.69) is 20.7 Å². The molecule has 0 rings (SSSR count). The molecule has 0 aromatic heterocycles. The minimum atomic E-state index is -0.206. The van der Waals surface area contributed by atoms with Crippen LogP contribution >= 0.6 is 28.3 Å². The number of ether oxygens (including phenoxy) is 1. The van der Waals surface area contributed by atoms with Gasteiger partial charge in [0.15, 0.2) is 0 Å². The van der Waals surface area contributed by atoms with Crippen LogP contribution in [0.15, 0.2) is 0 Å². The lowest BCUT2D eigenvalue weighted by Crippen LogP contribution is -2.03. The molecule has 0 saturated carbocycles. The number of hydrogen-bond donors (Lipinski definition) is 0. The first kappa shape index (κ1) is 11.1. The summed E-state index contributed by atoms with van der Waals surface area (Å²) in [4.78, 5) is 10.1. The summed E-state index contributed by atoms with van der Waals surface area (Å²) in [5.74, 6) is -0.206. The third-order valence-corrected chi connectivity index (χ3v) is 0.872. The maximum absolute atomic E-state index is 10.1. The minimum absolute atomic E-state index is 0. The predicted octanol–water partition coefficient (Wildman–Crippen LogP) is 1.37. The van der Waals surface area contributed by atoms with E-state index in [0.717, 1.165) is 0 Å². The van der Waals surface area contributed by atoms with E-state index in [4.69, 9.17) is 0 Å². The van der Waals surface area contributed by atoms with Crippen molar-refractivity contribution in [1.29, 1.82) is 0 Å². The van der Waals surface area contributed by atoms with Gasteiger partial charge in [-0.05, 0) is 6.92 Å². The van der Waals surface area contributed by atoms with Gasteiger partial charge in [0.1, 0.15) is 5.33 Å². The molecule has 0 bridgehead atoms. The van der Waals surface area contributed by atoms with Crippen LogP contribution in [0.4, 0.5) is 0 Å². The number of alkyl halides is 1. The van der Waals surface area contributed by atoms with Gasteiger partial charge in [-0.2, -0.15) is 0 Å². The Bertz CT molecular complexity index is 67.1. The van der Waals surface area contributed by atoms with Gasteiger partial charge in [0.05, 0.1) is 6.61 Å². The Morgan fingerprint density at radius 3 is 2.38 bits per heavy atom. The molecular formula is C4H8BrClO2. The van der Waals surface area contributed by atoms with Crippen molar-refractivity contribution in [3.8, 4) is 0 Å². The SMILES string of the molecule is CCOC(=O)CBr.Cl. The summed E-state index contributed by atoms with van der Waals surface area (Å²) in [5, 5.41) is 0.292. The smallest absolute Gasteiger partial charge is 0.316 e. The number of esters is 1. The maximum Gasteiger partial charge on any atom is 0.316 e. The van der Waals surface area contributed by atoms with Crippen molar-refractivity contribution >= 4 is 34.3 Å². The molecule has 0 aromatic rings. The summed E-state index contributed by atoms with van der Waals surface area (Å²) in [6.45, 7) is 2.24. The van der Waals surface area contributed by atoms with Crippen molar-refractivity contribution in [1.82, 2.24) is 0 Å². The van der Waals surface area contributed by atoms with Crippen LogP contribution in [-0.4, -0.2) is 17.9 Å². The lowest BCUT2D eigenvalue weighted by molar-refractivity contribution is -0.139. The third-order valence-electron chi connectivity index (χ3n) is 0.414. The van der Waals surface area contributed by atoms with Gasteiger partial charge in [0, 0.05) is 0 Å². The van der Waals surface area contributed by atoms with Crippen LogP contribution in [0.1, 0.15) is 6.92 Å². The van der Waals surface area contributed by atoms with Gasteiger partial charge in [-0.15, -0.1) is 12.4 Å². The van der Waals surface area contributed by atoms with Crippen LogP contribution in [0.25, 0.3) is 0 Å². The van der Waals surface area contributed by atoms with Crippen molar-refractivity contribution in [2.75, 3.05) is 11.9 Å². The molecule has 0 N–H and O–H groups in total. The van der Waals surface area contributed by atoms with Crippen LogP contribution < -0.4 is 0 Å². The van der Waals surface area contributed by atoms with E-state index in [1.807, 2.05) is 0 Å². The van der Waals surface area contributed by atoms with Crippen LogP contribution in [-0.2, 0) is 9.53 Å². The van der Waals surface area contributed by atoms with Gasteiger partial charge in [-0.25, -0.2) is 0 Å². The second-order valence-corrected chi connectivity index (χ2v) is 1.50. The summed E-state index contributed by atoms with van der Waals surface area (Å²) in [7, 11) is 0. The Morgan fingerprint density at radius 2 is 2.25 bits per heavy atom. The van der Waals surface area contributed by atoms with E-state index in [1.54, 1.807) is 6.92 Å². The molecule has 0 atom stereocenters. The Morgan fingerprint density at radius 1 is 1.75 bits per heavy atom. The molecule has 0 spiro atoms. The molecule has 4 heteroatoms. The Kier molecular flexibility index (Phi) is 10.0. The van der Waals surface area contributed by atoms with Crippen LogP contribution in [0.3, 0.4) is 0 Å². The monoisotopic (exact) mass is 202 g/mol. The fraction of sp³-hybridized carbons (Fsp3) is 0.750. The summed E-state index contributed by atoms with van der Waals surface area (Å²) >= 11 is 2.94. The normalized spacial score (nSPS) is 7.25. The van der Waals surface area contributed by atoms with Gasteiger partial charge in [0.25, 0.3) is 0 Å². The first-order chi connectivity index (χ1) is 3.31. The number of rotatable bonds is 2. The topological polar surface area (TPSA) is 26.3 Å². The number of halogens is 2. The molecule has 0 aromatic carbocycles. The van der Waals surface area contributed by atoms with E-state index in [-0.39, 0.29) is 18.4 Å². The van der Waals surface area contributed by atoms with Crippen molar-refractivity contribution in [2.24, 2.45) is 0 Å². The molecule has 50 valence electrons. The largest absolute Gasteiger partial charge is 0.465 e. The molecular weight excluding hydrogens is 195 g/mol. The molecule has 0 amide bonds. The molecule has 0 fully saturated rings. The van der Waals surface area contributed by atoms with E-state index in [1.165, 1.54) is 0 Å². The molecule has 0 heterocycles. The maximum atomic E-state index is 10.1. The lowest BCUT2D eigenvalue weighted by atomic mass is 10.8. The Labute approximate surface area is 63.1 Å². The van der Waals surface area contributed by atoms with Gasteiger partial charge in [0.2, 0.25) is 0 Å². The zero-order valence-corrected chi connectivity index (χ0v) is 6.92. The average Bonchev–Trinajstić information content (AvgIpc) is 1.68. The van der Waals surface area contributed by atoms with Gasteiger partial charge < -0.3 is 4.74 Å². The molecule has 0 aliphatic rings. The van der Waals surface area contributed by atoms with Gasteiger partial charge >= 0.3 is 5.97 Å². The van der Waals surface area contributed by atoms with Crippen molar-refractivity contribution < 1.29 is 9.53 Å². The fourth-order valence-corrected chi connectivity index (χ4v) is 0.361. The molecule has 8 heavy (non-hydrogen) atoms. The molecule has 0 saturated heterocycles. The highest BCUT2D eigenvalue weighted by molar-refractivity contribution is 9.09. The first-order valence-corrected chi connectivity index (χ1v) is 3.15. The number of carbonyl (C=O) groups is 1. The summed E-state index contributed by atoms with van der Waals surface area (Å²) in [6.07, 6.45) is 0. The second kappa shape index (κ2) is 7.24. The highest BCUT2D eigenvalue weighted by atomic mass is 79.9. The van der Waals surface area contributed by atoms with E-state index < -0.39 is 0 Å². The van der Waals surface area contributed by atoms with Gasteiger partial charge in [-0.3, -0.25) is 4.79 Å². The predicted molar refractivity (Wildman–Crippen MR) is 37.7 cm³/mol. The molecule has 0 unspecified atom stereocenters. The lowest BCUT2D eigenvalue weighted by Gasteiger charge is -1.92. The molecule has 0 aliphatic carbocycles. The Balaban J connectivity index is 0. The Hall–Kier alpha value is 0.240. The average molecular weight is 203 g/mol. The van der Waals surface area contributed by atoms with Crippen LogP contribution in [0.2, 0.25) is 0 Å². The standard InChI is InChI=1S/C4H7BrO2.ClH/c1-2-7-4(6)3-5;/h2-3H2,1H3;1H. The summed E-state index contributed by atoms with van der Waals surface area (Å²) in [6, 6.07) is 0. The summed E-state index contributed by atoms with van der Waals surface area (Å²) < 4.78 is 4.51. The van der Waals surface area contributed by atoms with Crippen molar-refractivity contribution in [3.05, 3.63) is 0 Å². The quantitative estimate of drug-likeness (QED) is 0.500. The van der Waals surface area contributed by atoms with Gasteiger partial charge in [-0.1, -0.05) is 15.9 Å². The fourth-order valence-electron chi connectivity index (χ4n) is 0.200. The zero-order valence-electron chi connectivity index (χ0n) is 4.52. The first-order valence-electron chi connectivity index (χ1n) is 2.02. The number of carbonyl (C=O) groups excluding carboxylic acids is 1. The third kappa shape index (κ3) is 6.24. The highest BCUT2D eigenvalue weighted by Crippen LogP contribution is 1.82. The molecule has 2 nitrogen and oxygen atoms in total. The minimum Gasteiger partial charge on any atom is -0.465 e. The second-order valence-electron chi connectivity index (χ2n) is 0.939. The van der Waals surface area contributed by atoms with E-state index >= 15 is 0 Å².